The summed E-state index contributed by atoms with van der Waals surface area (Å²) in [6.45, 7) is 2.56. The van der Waals surface area contributed by atoms with E-state index in [0.29, 0.717) is 22.9 Å². The minimum absolute atomic E-state index is 0.0736. The van der Waals surface area contributed by atoms with E-state index in [9.17, 15) is 4.79 Å². The van der Waals surface area contributed by atoms with Crippen molar-refractivity contribution in [3.63, 3.8) is 0 Å². The van der Waals surface area contributed by atoms with E-state index in [-0.39, 0.29) is 34.2 Å². The van der Waals surface area contributed by atoms with Gasteiger partial charge in [0.25, 0.3) is 5.91 Å². The third-order valence-corrected chi connectivity index (χ3v) is 7.36. The maximum absolute atomic E-state index is 15.6. The largest absolute Gasteiger partial charge is 0.398 e. The van der Waals surface area contributed by atoms with Gasteiger partial charge in [-0.3, -0.25) is 4.79 Å². The summed E-state index contributed by atoms with van der Waals surface area (Å²) in [5.41, 5.74) is 12.9. The normalized spacial score (nSPS) is 21.0. The number of carbonyl (C=O) groups is 1. The van der Waals surface area contributed by atoms with E-state index in [1.165, 1.54) is 11.0 Å². The molecule has 178 valence electrons. The Morgan fingerprint density at radius 3 is 2.76 bits per heavy atom. The van der Waals surface area contributed by atoms with Crippen LogP contribution in [0.5, 0.6) is 0 Å². The number of fused-ring (bicyclic) bond motifs is 2. The van der Waals surface area contributed by atoms with Crippen LogP contribution in [-0.4, -0.2) is 51.2 Å². The number of hydrogen-bond donors (Lipinski definition) is 3. The predicted octanol–water partition coefficient (Wildman–Crippen LogP) is 3.40. The van der Waals surface area contributed by atoms with Crippen molar-refractivity contribution in [2.75, 3.05) is 37.4 Å². The lowest BCUT2D eigenvalue weighted by Crippen LogP contribution is -2.26. The second-order valence-electron chi connectivity index (χ2n) is 9.29. The van der Waals surface area contributed by atoms with Crippen LogP contribution >= 0.6 is 11.6 Å². The van der Waals surface area contributed by atoms with E-state index >= 15 is 4.39 Å². The fraction of sp³-hybridized carbons (Fsp3) is 0.391. The molecule has 0 saturated heterocycles. The molecular formula is C23H26ClFN8O. The number of hydrogen-bond acceptors (Lipinski definition) is 7. The molecule has 11 heteroatoms. The Labute approximate surface area is 201 Å². The zero-order valence-corrected chi connectivity index (χ0v) is 19.9. The van der Waals surface area contributed by atoms with Crippen molar-refractivity contribution in [1.29, 1.82) is 0 Å². The molecule has 9 nitrogen and oxygen atoms in total. The Kier molecular flexibility index (Phi) is 5.16. The number of halogens is 2. The number of nitrogens with one attached hydrogen (secondary N) is 1. The first-order chi connectivity index (χ1) is 16.1. The summed E-state index contributed by atoms with van der Waals surface area (Å²) in [5, 5.41) is 8.17. The predicted molar refractivity (Wildman–Crippen MR) is 129 cm³/mol. The molecule has 1 amide bonds. The summed E-state index contributed by atoms with van der Waals surface area (Å²) >= 11 is 6.97. The van der Waals surface area contributed by atoms with Gasteiger partial charge in [0.1, 0.15) is 17.5 Å². The van der Waals surface area contributed by atoms with Gasteiger partial charge < -0.3 is 21.7 Å². The number of benzene rings is 1. The first-order valence-corrected chi connectivity index (χ1v) is 11.4. The fourth-order valence-electron chi connectivity index (χ4n) is 5.34. The molecular weight excluding hydrogens is 459 g/mol. The smallest absolute Gasteiger partial charge is 0.258 e. The molecule has 3 heterocycles. The van der Waals surface area contributed by atoms with E-state index in [1.807, 2.05) is 11.6 Å². The van der Waals surface area contributed by atoms with Crippen molar-refractivity contribution in [2.45, 2.75) is 37.6 Å². The van der Waals surface area contributed by atoms with Crippen LogP contribution in [0.4, 0.5) is 21.8 Å². The minimum atomic E-state index is -0.708. The first-order valence-electron chi connectivity index (χ1n) is 11.0. The van der Waals surface area contributed by atoms with E-state index in [4.69, 9.17) is 23.1 Å². The molecule has 34 heavy (non-hydrogen) atoms. The molecule has 1 spiro atoms. The molecule has 0 bridgehead atoms. The highest BCUT2D eigenvalue weighted by Gasteiger charge is 2.48. The molecule has 5 N–H and O–H groups in total. The van der Waals surface area contributed by atoms with Crippen molar-refractivity contribution >= 4 is 35.0 Å². The van der Waals surface area contributed by atoms with E-state index in [0.717, 1.165) is 30.7 Å². The summed E-state index contributed by atoms with van der Waals surface area (Å²) in [5.74, 6) is 0.504. The van der Waals surface area contributed by atoms with Gasteiger partial charge in [-0.2, -0.15) is 4.98 Å². The second kappa shape index (κ2) is 7.83. The third-order valence-electron chi connectivity index (χ3n) is 6.97. The SMILES string of the molecule is Cc1nc(N)nn1[C@H]1CC[C@]2(CNc3ncc(-c4ccc(N)c(C(=O)N(C)C)c4F)c(Cl)c32)C1. The molecule has 0 unspecified atom stereocenters. The van der Waals surface area contributed by atoms with Gasteiger partial charge in [0.05, 0.1) is 16.6 Å². The van der Waals surface area contributed by atoms with Crippen LogP contribution in [0.25, 0.3) is 11.1 Å². The van der Waals surface area contributed by atoms with Crippen LogP contribution in [-0.2, 0) is 5.41 Å². The monoisotopic (exact) mass is 484 g/mol. The first kappa shape index (κ1) is 22.4. The molecule has 3 aromatic rings. The highest BCUT2D eigenvalue weighted by atomic mass is 35.5. The molecule has 2 aliphatic rings. The zero-order chi connectivity index (χ0) is 24.4. The van der Waals surface area contributed by atoms with Crippen molar-refractivity contribution in [1.82, 2.24) is 24.6 Å². The van der Waals surface area contributed by atoms with Gasteiger partial charge in [-0.05, 0) is 38.3 Å². The van der Waals surface area contributed by atoms with Crippen LogP contribution in [0.15, 0.2) is 18.3 Å². The molecule has 1 fully saturated rings. The van der Waals surface area contributed by atoms with Gasteiger partial charge in [-0.25, -0.2) is 14.1 Å². The van der Waals surface area contributed by atoms with Crippen LogP contribution < -0.4 is 16.8 Å². The van der Waals surface area contributed by atoms with Crippen molar-refractivity contribution in [2.24, 2.45) is 0 Å². The number of nitrogens with two attached hydrogens (primary N) is 2. The Morgan fingerprint density at radius 2 is 2.09 bits per heavy atom. The number of aromatic nitrogens is 4. The molecule has 5 rings (SSSR count). The second-order valence-corrected chi connectivity index (χ2v) is 9.67. The number of pyridine rings is 1. The Morgan fingerprint density at radius 1 is 1.32 bits per heavy atom. The molecule has 2 aromatic heterocycles. The van der Waals surface area contributed by atoms with Crippen molar-refractivity contribution < 1.29 is 9.18 Å². The van der Waals surface area contributed by atoms with Crippen LogP contribution in [0.2, 0.25) is 5.02 Å². The molecule has 0 radical (unpaired) electrons. The van der Waals surface area contributed by atoms with Gasteiger partial charge in [0, 0.05) is 54.6 Å². The zero-order valence-electron chi connectivity index (χ0n) is 19.2. The van der Waals surface area contributed by atoms with Gasteiger partial charge in [0.15, 0.2) is 0 Å². The van der Waals surface area contributed by atoms with Gasteiger partial charge in [0.2, 0.25) is 5.95 Å². The number of nitrogens with zero attached hydrogens (tertiary/aromatic N) is 5. The lowest BCUT2D eigenvalue weighted by molar-refractivity contribution is 0.0824. The molecule has 1 aliphatic carbocycles. The van der Waals surface area contributed by atoms with Gasteiger partial charge in [-0.15, -0.1) is 5.10 Å². The summed E-state index contributed by atoms with van der Waals surface area (Å²) in [7, 11) is 3.10. The Hall–Kier alpha value is -3.40. The molecule has 1 saturated carbocycles. The Balaban J connectivity index is 1.58. The highest BCUT2D eigenvalue weighted by Crippen LogP contribution is 2.54. The number of rotatable bonds is 3. The number of aryl methyl sites for hydroxylation is 1. The number of amides is 1. The lowest BCUT2D eigenvalue weighted by atomic mass is 9.80. The van der Waals surface area contributed by atoms with E-state index < -0.39 is 11.7 Å². The topological polar surface area (TPSA) is 128 Å². The van der Waals surface area contributed by atoms with E-state index in [2.05, 4.69) is 20.4 Å². The van der Waals surface area contributed by atoms with Crippen LogP contribution in [0.1, 0.15) is 47.1 Å². The third kappa shape index (κ3) is 3.27. The quantitative estimate of drug-likeness (QED) is 0.486. The van der Waals surface area contributed by atoms with Crippen molar-refractivity contribution in [3.05, 3.63) is 46.1 Å². The summed E-state index contributed by atoms with van der Waals surface area (Å²) in [6, 6.07) is 3.19. The van der Waals surface area contributed by atoms with Crippen LogP contribution in [0, 0.1) is 12.7 Å². The summed E-state index contributed by atoms with van der Waals surface area (Å²) in [6.07, 6.45) is 4.05. The average Bonchev–Trinajstić information content (AvgIpc) is 3.47. The van der Waals surface area contributed by atoms with Gasteiger partial charge >= 0.3 is 0 Å². The van der Waals surface area contributed by atoms with Gasteiger partial charge in [-0.1, -0.05) is 11.6 Å². The highest BCUT2D eigenvalue weighted by molar-refractivity contribution is 6.34. The maximum Gasteiger partial charge on any atom is 0.258 e. The summed E-state index contributed by atoms with van der Waals surface area (Å²) < 4.78 is 17.5. The lowest BCUT2D eigenvalue weighted by Gasteiger charge is -2.25. The standard InChI is InChI=1S/C23H26ClFN8O/c1-11-30-22(27)31-33(11)12-6-7-23(8-12)10-29-20-17(23)18(24)14(9-28-20)13-4-5-15(26)16(19(13)25)21(34)32(2)3/h4-5,9,12H,6-8,10,26H2,1-3H3,(H2,27,31)(H,28,29)/t12-,23+/m0/s1. The number of nitrogen functional groups attached to an aromatic ring is 2. The molecule has 1 aromatic carbocycles. The van der Waals surface area contributed by atoms with Crippen molar-refractivity contribution in [3.8, 4) is 11.1 Å². The van der Waals surface area contributed by atoms with E-state index in [1.54, 1.807) is 26.4 Å². The number of anilines is 3. The number of carbonyl (C=O) groups excluding carboxylic acids is 1. The fourth-order valence-corrected chi connectivity index (χ4v) is 5.78. The minimum Gasteiger partial charge on any atom is -0.398 e. The average molecular weight is 485 g/mol. The summed E-state index contributed by atoms with van der Waals surface area (Å²) in [4.78, 5) is 22.7. The van der Waals surface area contributed by atoms with Crippen LogP contribution in [0.3, 0.4) is 0 Å². The Bertz CT molecular complexity index is 1320. The molecule has 2 atom stereocenters. The maximum atomic E-state index is 15.6. The molecule has 1 aliphatic heterocycles.